The SMILES string of the molecule is Cc1nc(-c2ccsc2)sc1C(=O)Nc1nnc(CC(C)C)s1. The molecule has 3 aromatic heterocycles. The number of amides is 1. The van der Waals surface area contributed by atoms with Gasteiger partial charge < -0.3 is 0 Å². The van der Waals surface area contributed by atoms with Crippen LogP contribution in [-0.2, 0) is 6.42 Å². The first-order valence-electron chi connectivity index (χ1n) is 7.16. The molecule has 1 amide bonds. The summed E-state index contributed by atoms with van der Waals surface area (Å²) < 4.78 is 0. The number of nitrogens with zero attached hydrogens (tertiary/aromatic N) is 3. The number of hydrogen-bond donors (Lipinski definition) is 1. The lowest BCUT2D eigenvalue weighted by atomic mass is 10.1. The molecule has 0 radical (unpaired) electrons. The van der Waals surface area contributed by atoms with Crippen LogP contribution in [0.25, 0.3) is 10.6 Å². The summed E-state index contributed by atoms with van der Waals surface area (Å²) in [6.45, 7) is 6.12. The van der Waals surface area contributed by atoms with Crippen LogP contribution in [0.4, 0.5) is 5.13 Å². The second kappa shape index (κ2) is 6.86. The molecule has 0 atom stereocenters. The van der Waals surface area contributed by atoms with Crippen molar-refractivity contribution in [1.29, 1.82) is 0 Å². The predicted octanol–water partition coefficient (Wildman–Crippen LogP) is 4.48. The topological polar surface area (TPSA) is 67.8 Å². The molecule has 23 heavy (non-hydrogen) atoms. The van der Waals surface area contributed by atoms with Gasteiger partial charge in [0.2, 0.25) is 5.13 Å². The third kappa shape index (κ3) is 3.82. The first-order valence-corrected chi connectivity index (χ1v) is 9.74. The van der Waals surface area contributed by atoms with Crippen molar-refractivity contribution in [3.8, 4) is 10.6 Å². The molecule has 0 bridgehead atoms. The molecule has 0 saturated heterocycles. The number of carbonyl (C=O) groups excluding carboxylic acids is 1. The summed E-state index contributed by atoms with van der Waals surface area (Å²) in [6, 6.07) is 2.01. The maximum absolute atomic E-state index is 12.5. The van der Waals surface area contributed by atoms with E-state index in [1.165, 1.54) is 22.7 Å². The average Bonchev–Trinajstić information content (AvgIpc) is 3.18. The Hall–Kier alpha value is -1.64. The Kier molecular flexibility index (Phi) is 4.84. The molecule has 3 rings (SSSR count). The number of hydrogen-bond acceptors (Lipinski definition) is 7. The van der Waals surface area contributed by atoms with E-state index in [1.54, 1.807) is 11.3 Å². The van der Waals surface area contributed by atoms with Gasteiger partial charge in [-0.1, -0.05) is 25.2 Å². The summed E-state index contributed by atoms with van der Waals surface area (Å²) in [6.07, 6.45) is 0.870. The normalized spacial score (nSPS) is 11.1. The van der Waals surface area contributed by atoms with Gasteiger partial charge in [-0.05, 0) is 24.3 Å². The lowest BCUT2D eigenvalue weighted by Crippen LogP contribution is -2.11. The summed E-state index contributed by atoms with van der Waals surface area (Å²) in [5.41, 5.74) is 1.79. The van der Waals surface area contributed by atoms with Crippen LogP contribution < -0.4 is 5.32 Å². The number of aryl methyl sites for hydroxylation is 1. The second-order valence-corrected chi connectivity index (χ2v) is 8.34. The highest BCUT2D eigenvalue weighted by Gasteiger charge is 2.18. The third-order valence-electron chi connectivity index (χ3n) is 3.04. The van der Waals surface area contributed by atoms with Gasteiger partial charge in [0.1, 0.15) is 14.9 Å². The summed E-state index contributed by atoms with van der Waals surface area (Å²) in [4.78, 5) is 17.6. The first kappa shape index (κ1) is 16.2. The highest BCUT2D eigenvalue weighted by atomic mass is 32.1. The third-order valence-corrected chi connectivity index (χ3v) is 5.79. The molecule has 0 spiro atoms. The Morgan fingerprint density at radius 3 is 2.83 bits per heavy atom. The van der Waals surface area contributed by atoms with Gasteiger partial charge in [0.25, 0.3) is 5.91 Å². The fraction of sp³-hybridized carbons (Fsp3) is 0.333. The van der Waals surface area contributed by atoms with Crippen LogP contribution in [0.1, 0.15) is 34.2 Å². The molecule has 0 aliphatic carbocycles. The average molecular weight is 365 g/mol. The Morgan fingerprint density at radius 2 is 2.13 bits per heavy atom. The van der Waals surface area contributed by atoms with Crippen LogP contribution in [0.15, 0.2) is 16.8 Å². The van der Waals surface area contributed by atoms with E-state index in [2.05, 4.69) is 34.3 Å². The maximum Gasteiger partial charge on any atom is 0.269 e. The zero-order chi connectivity index (χ0) is 16.4. The molecule has 120 valence electrons. The molecular formula is C15H16N4OS3. The monoisotopic (exact) mass is 364 g/mol. The molecule has 0 aromatic carbocycles. The minimum atomic E-state index is -0.172. The molecule has 0 aliphatic heterocycles. The number of anilines is 1. The molecule has 3 aromatic rings. The van der Waals surface area contributed by atoms with Gasteiger partial charge in [-0.25, -0.2) is 4.98 Å². The van der Waals surface area contributed by atoms with Crippen LogP contribution in [0.2, 0.25) is 0 Å². The van der Waals surface area contributed by atoms with E-state index in [9.17, 15) is 4.79 Å². The van der Waals surface area contributed by atoms with E-state index in [0.29, 0.717) is 15.9 Å². The smallest absolute Gasteiger partial charge is 0.269 e. The van der Waals surface area contributed by atoms with E-state index in [1.807, 2.05) is 23.8 Å². The number of carbonyl (C=O) groups is 1. The molecule has 5 nitrogen and oxygen atoms in total. The number of aromatic nitrogens is 3. The fourth-order valence-electron chi connectivity index (χ4n) is 2.01. The van der Waals surface area contributed by atoms with Crippen LogP contribution in [-0.4, -0.2) is 21.1 Å². The van der Waals surface area contributed by atoms with Crippen molar-refractivity contribution in [2.45, 2.75) is 27.2 Å². The summed E-state index contributed by atoms with van der Waals surface area (Å²) >= 11 is 4.45. The van der Waals surface area contributed by atoms with Crippen molar-refractivity contribution in [1.82, 2.24) is 15.2 Å². The van der Waals surface area contributed by atoms with Gasteiger partial charge >= 0.3 is 0 Å². The Balaban J connectivity index is 1.74. The van der Waals surface area contributed by atoms with E-state index in [-0.39, 0.29) is 5.91 Å². The van der Waals surface area contributed by atoms with E-state index >= 15 is 0 Å². The van der Waals surface area contributed by atoms with Crippen molar-refractivity contribution in [3.63, 3.8) is 0 Å². The molecule has 0 aliphatic rings. The van der Waals surface area contributed by atoms with E-state index in [4.69, 9.17) is 0 Å². The van der Waals surface area contributed by atoms with Crippen molar-refractivity contribution in [2.75, 3.05) is 5.32 Å². The van der Waals surface area contributed by atoms with Gasteiger partial charge in [0.15, 0.2) is 0 Å². The van der Waals surface area contributed by atoms with Crippen LogP contribution in [0, 0.1) is 12.8 Å². The van der Waals surface area contributed by atoms with Crippen LogP contribution >= 0.6 is 34.0 Å². The molecule has 0 fully saturated rings. The summed E-state index contributed by atoms with van der Waals surface area (Å²) in [5, 5.41) is 17.4. The number of thiophene rings is 1. The number of nitrogens with one attached hydrogen (secondary N) is 1. The van der Waals surface area contributed by atoms with Gasteiger partial charge in [0, 0.05) is 17.4 Å². The lowest BCUT2D eigenvalue weighted by Gasteiger charge is -1.99. The quantitative estimate of drug-likeness (QED) is 0.724. The van der Waals surface area contributed by atoms with Crippen molar-refractivity contribution in [2.24, 2.45) is 5.92 Å². The summed E-state index contributed by atoms with van der Waals surface area (Å²) in [5.74, 6) is 0.345. The van der Waals surface area contributed by atoms with E-state index in [0.717, 1.165) is 27.7 Å². The molecule has 0 saturated carbocycles. The van der Waals surface area contributed by atoms with Crippen molar-refractivity contribution in [3.05, 3.63) is 32.4 Å². The van der Waals surface area contributed by atoms with Crippen molar-refractivity contribution >= 4 is 45.0 Å². The van der Waals surface area contributed by atoms with Crippen LogP contribution in [0.5, 0.6) is 0 Å². The molecule has 8 heteroatoms. The minimum absolute atomic E-state index is 0.172. The lowest BCUT2D eigenvalue weighted by molar-refractivity contribution is 0.102. The Bertz CT molecular complexity index is 805. The zero-order valence-electron chi connectivity index (χ0n) is 13.0. The molecular weight excluding hydrogens is 348 g/mol. The largest absolute Gasteiger partial charge is 0.296 e. The molecule has 3 heterocycles. The highest BCUT2D eigenvalue weighted by molar-refractivity contribution is 7.18. The van der Waals surface area contributed by atoms with Gasteiger partial charge in [0.05, 0.1) is 5.69 Å². The standard InChI is InChI=1S/C15H16N4OS3/c1-8(2)6-11-18-19-15(22-11)17-13(20)12-9(3)16-14(23-12)10-4-5-21-7-10/h4-5,7-8H,6H2,1-3H3,(H,17,19,20). The van der Waals surface area contributed by atoms with Gasteiger partial charge in [-0.2, -0.15) is 11.3 Å². The summed E-state index contributed by atoms with van der Waals surface area (Å²) in [7, 11) is 0. The molecule has 0 unspecified atom stereocenters. The first-order chi connectivity index (χ1) is 11.0. The van der Waals surface area contributed by atoms with Crippen LogP contribution in [0.3, 0.4) is 0 Å². The second-order valence-electron chi connectivity index (χ2n) is 5.50. The highest BCUT2D eigenvalue weighted by Crippen LogP contribution is 2.30. The number of rotatable bonds is 5. The predicted molar refractivity (Wildman–Crippen MR) is 96.6 cm³/mol. The van der Waals surface area contributed by atoms with Gasteiger partial charge in [-0.3, -0.25) is 10.1 Å². The zero-order valence-corrected chi connectivity index (χ0v) is 15.4. The Labute approximate surface area is 146 Å². The van der Waals surface area contributed by atoms with E-state index < -0.39 is 0 Å². The fourth-order valence-corrected chi connectivity index (χ4v) is 4.63. The Morgan fingerprint density at radius 1 is 1.30 bits per heavy atom. The maximum atomic E-state index is 12.5. The van der Waals surface area contributed by atoms with Gasteiger partial charge in [-0.15, -0.1) is 21.5 Å². The van der Waals surface area contributed by atoms with Crippen molar-refractivity contribution < 1.29 is 4.79 Å². The molecule has 1 N–H and O–H groups in total. The minimum Gasteiger partial charge on any atom is -0.296 e. The number of thiazole rings is 1.